The van der Waals surface area contributed by atoms with Crippen molar-refractivity contribution in [3.8, 4) is 0 Å². The molecule has 6 aromatic rings. The molecule has 0 saturated carbocycles. The molecular weight excluding hydrogens is 1470 g/mol. The van der Waals surface area contributed by atoms with E-state index in [1.54, 1.807) is 0 Å². The average Bonchev–Trinajstić information content (AvgIpc) is 1.58. The number of aliphatic hydroxyl groups excluding tert-OH is 2. The first-order chi connectivity index (χ1) is 48.2. The van der Waals surface area contributed by atoms with Gasteiger partial charge < -0.3 is 84.5 Å². The van der Waals surface area contributed by atoms with E-state index >= 15 is 0 Å². The van der Waals surface area contributed by atoms with Crippen LogP contribution < -0.4 is 17.2 Å². The molecule has 10 heterocycles. The predicted octanol–water partition coefficient (Wildman–Crippen LogP) is 6.50. The van der Waals surface area contributed by atoms with Gasteiger partial charge in [0.15, 0.2) is 53.1 Å². The first kappa shape index (κ1) is 79.5. The lowest BCUT2D eigenvalue weighted by molar-refractivity contribution is -0.153. The second-order valence-electron chi connectivity index (χ2n) is 25.4. The summed E-state index contributed by atoms with van der Waals surface area (Å²) >= 11 is 11.8. The molecule has 562 valence electrons. The molecule has 4 aliphatic heterocycles. The molecule has 16 atom stereocenters. The molecule has 2 bridgehead atoms. The molecule has 0 amide bonds. The summed E-state index contributed by atoms with van der Waals surface area (Å²) in [7, 11) is -3.51. The molecule has 0 spiro atoms. The third-order valence-electron chi connectivity index (χ3n) is 17.8. The maximum atomic E-state index is 14.3. The van der Waals surface area contributed by atoms with Crippen LogP contribution in [0.4, 0.5) is 17.5 Å². The van der Waals surface area contributed by atoms with Crippen molar-refractivity contribution in [3.05, 3.63) is 38.0 Å². The highest BCUT2D eigenvalue weighted by Gasteiger charge is 2.63. The number of imidazole rings is 3. The number of hydrogen-bond donors (Lipinski definition) is 9. The van der Waals surface area contributed by atoms with Gasteiger partial charge in [-0.15, -0.1) is 0 Å². The van der Waals surface area contributed by atoms with Crippen LogP contribution in [0.2, 0.25) is 0 Å². The summed E-state index contributed by atoms with van der Waals surface area (Å²) in [6.07, 6.45) is 9.16. The zero-order valence-corrected chi connectivity index (χ0v) is 62.1. The second-order valence-corrected chi connectivity index (χ2v) is 36.4. The first-order valence-electron chi connectivity index (χ1n) is 33.2. The molecule has 101 heavy (non-hydrogen) atoms. The minimum atomic E-state index is -4.76. The Morgan fingerprint density at radius 3 is 1.69 bits per heavy atom. The zero-order valence-electron chi connectivity index (χ0n) is 56.1. The lowest BCUT2D eigenvalue weighted by atomic mass is 9.87. The molecule has 10 rings (SSSR count). The van der Waals surface area contributed by atoms with E-state index in [-0.39, 0.29) is 76.3 Å². The maximum absolute atomic E-state index is 14.3. The van der Waals surface area contributed by atoms with Crippen molar-refractivity contribution in [2.75, 3.05) is 76.3 Å². The highest BCUT2D eigenvalue weighted by Crippen LogP contribution is 2.62. The molecule has 6 aromatic heterocycles. The number of nitrogens with two attached hydrogens (primary N) is 3. The number of phosphoric ester groups is 1. The van der Waals surface area contributed by atoms with E-state index in [0.717, 1.165) is 38.3 Å². The number of ether oxygens (including phenoxy) is 6. The van der Waals surface area contributed by atoms with Gasteiger partial charge in [0.05, 0.1) is 64.0 Å². The summed E-state index contributed by atoms with van der Waals surface area (Å²) in [6, 6.07) is 0. The van der Waals surface area contributed by atoms with Crippen molar-refractivity contribution >= 4 is 120 Å². The number of nitrogens with zero attached hydrogens (tertiary/aromatic N) is 12. The Morgan fingerprint density at radius 1 is 0.653 bits per heavy atom. The van der Waals surface area contributed by atoms with Gasteiger partial charge in [0.2, 0.25) is 0 Å². The van der Waals surface area contributed by atoms with Crippen molar-refractivity contribution in [1.82, 2.24) is 58.6 Å². The fraction of sp³-hybridized carbons (Fsp3) is 0.719. The molecule has 4 aliphatic rings. The largest absolute Gasteiger partial charge is 0.472 e. The molecule has 44 heteroatoms. The highest BCUT2D eigenvalue weighted by atomic mass is 32.7. The van der Waals surface area contributed by atoms with Gasteiger partial charge in [-0.3, -0.25) is 41.1 Å². The number of phosphoric acid groups is 1. The Hall–Kier alpha value is -4.09. The molecule has 7 unspecified atom stereocenters. The van der Waals surface area contributed by atoms with Crippen LogP contribution >= 0.6 is 39.4 Å². The molecule has 0 aromatic carbocycles. The van der Waals surface area contributed by atoms with Crippen molar-refractivity contribution in [3.63, 3.8) is 0 Å². The Kier molecular flexibility index (Phi) is 27.6. The number of aromatic nitrogens is 12. The van der Waals surface area contributed by atoms with Gasteiger partial charge in [0.25, 0.3) is 0 Å². The van der Waals surface area contributed by atoms with Crippen LogP contribution in [0.3, 0.4) is 0 Å². The van der Waals surface area contributed by atoms with Crippen LogP contribution in [0, 0.1) is 5.41 Å². The van der Waals surface area contributed by atoms with Crippen LogP contribution in [0.1, 0.15) is 142 Å². The van der Waals surface area contributed by atoms with Gasteiger partial charge in [0.1, 0.15) is 96.6 Å². The van der Waals surface area contributed by atoms with E-state index < -0.39 is 146 Å². The molecular formula is C57H89N15O22P4S3. The van der Waals surface area contributed by atoms with Crippen molar-refractivity contribution in [2.45, 2.75) is 197 Å². The number of anilines is 3. The fourth-order valence-corrected chi connectivity index (χ4v) is 18.5. The van der Waals surface area contributed by atoms with E-state index in [4.69, 9.17) is 101 Å². The smallest absolute Gasteiger partial charge is 0.464 e. The van der Waals surface area contributed by atoms with Gasteiger partial charge in [0, 0.05) is 19.3 Å². The topological polar surface area (TPSA) is 501 Å². The van der Waals surface area contributed by atoms with Crippen LogP contribution in [-0.4, -0.2) is 208 Å². The summed E-state index contributed by atoms with van der Waals surface area (Å²) < 4.78 is 109. The normalized spacial score (nSPS) is 27.1. The molecule has 12 N–H and O–H groups in total. The van der Waals surface area contributed by atoms with Crippen LogP contribution in [0.25, 0.3) is 33.5 Å². The number of esters is 1. The monoisotopic (exact) mass is 1560 g/mol. The van der Waals surface area contributed by atoms with Crippen LogP contribution in [0.15, 0.2) is 38.0 Å². The van der Waals surface area contributed by atoms with Gasteiger partial charge in [-0.1, -0.05) is 96.8 Å². The Labute approximate surface area is 595 Å². The van der Waals surface area contributed by atoms with E-state index in [1.165, 1.54) is 110 Å². The number of unbranched alkanes of at least 4 members (excludes halogenated alkanes) is 13. The van der Waals surface area contributed by atoms with Crippen molar-refractivity contribution < 1.29 is 104 Å². The SMILES string of the molecule is CCCCCCCCCCCCCCCCC(C)(C)C(=O)OCCSP(=O)(O)OC1[C@@H]2OCC[C@]1(COP(O)(=S)O[C@H]1C(O)[C@@H](COP(O)(=S)O[C@H]3C(OC)[C@@H](COP(=O)(O)OCCO)O[C@H]3n3cnc4c(N)ncnc43)O[C@H]1n1cnc3c(N)ncnc31)O[C@H]2n1cnc2c(N)ncnc21. The lowest BCUT2D eigenvalue weighted by Crippen LogP contribution is -2.52. The number of methoxy groups -OCH3 is 1. The number of aliphatic hydroxyl groups is 2. The van der Waals surface area contributed by atoms with Gasteiger partial charge in [-0.25, -0.2) is 54.0 Å². The van der Waals surface area contributed by atoms with E-state index in [0.29, 0.717) is 17.8 Å². The fourth-order valence-electron chi connectivity index (χ4n) is 12.6. The standard InChI is InChI=1S/C57H89N15O22P4S3/c1-5-6-7-8-9-10-11-12-13-14-15-16-17-18-19-56(2,3)55(75)84-24-25-101-96(78,79)94-45-44-54(72-34-69-39-48(60)63-31-66-51(39)72)91-57(45,20-22-83-44)28-88-98(81,100)92-42-40(74)35(89-52(42)70-32-67-37-46(58)61-29-64-49(37)70)26-87-97(80,99)93-43-41(82-4)36(27-86-95(76,77)85-23-21-73)90-53(43)71-33-68-38-47(59)62-30-65-50(38)71/h29-36,40-45,52-54,73-74H,5-28H2,1-4H3,(H,76,77)(H,78,79)(H,80,99)(H,81,100)(H2,58,61,64)(H2,59,62,65)(H2,60,63,66)/t35-,36-,40?,41?,42+,43+,44+,45?,52-,53-,54-,57-,97?,98?/m1/s1. The van der Waals surface area contributed by atoms with Gasteiger partial charge in [-0.05, 0) is 55.3 Å². The number of rotatable bonds is 42. The highest BCUT2D eigenvalue weighted by molar-refractivity contribution is 8.54. The second kappa shape index (κ2) is 35.1. The number of carbonyl (C=O) groups is 1. The zero-order chi connectivity index (χ0) is 72.3. The first-order valence-corrected chi connectivity index (χ1v) is 43.0. The summed E-state index contributed by atoms with van der Waals surface area (Å²) in [5.41, 5.74) is 16.7. The third kappa shape index (κ3) is 19.8. The minimum Gasteiger partial charge on any atom is -0.464 e. The maximum Gasteiger partial charge on any atom is 0.472 e. The third-order valence-corrected chi connectivity index (χ3v) is 24.8. The Morgan fingerprint density at radius 2 is 1.15 bits per heavy atom. The Bertz CT molecular complexity index is 3950. The number of hydrogen-bond acceptors (Lipinski definition) is 33. The summed E-state index contributed by atoms with van der Waals surface area (Å²) in [5, 5.41) is 21.5. The van der Waals surface area contributed by atoms with Gasteiger partial charge in [-0.2, -0.15) is 0 Å². The summed E-state index contributed by atoms with van der Waals surface area (Å²) in [4.78, 5) is 97.5. The Balaban J connectivity index is 0.810. The lowest BCUT2D eigenvalue weighted by Gasteiger charge is -2.39. The number of carbonyl (C=O) groups excluding carboxylic acids is 1. The van der Waals surface area contributed by atoms with E-state index in [1.807, 2.05) is 13.8 Å². The van der Waals surface area contributed by atoms with Crippen LogP contribution in [-0.2, 0) is 97.6 Å². The van der Waals surface area contributed by atoms with E-state index in [2.05, 4.69) is 51.8 Å². The molecule has 4 fully saturated rings. The predicted molar refractivity (Wildman–Crippen MR) is 371 cm³/mol. The molecule has 0 aliphatic carbocycles. The van der Waals surface area contributed by atoms with Crippen LogP contribution in [0.5, 0.6) is 0 Å². The minimum absolute atomic E-state index is 0.00218. The number of nitrogen functional groups attached to an aromatic ring is 3. The van der Waals surface area contributed by atoms with Crippen molar-refractivity contribution in [1.29, 1.82) is 0 Å². The average molecular weight is 1560 g/mol. The quantitative estimate of drug-likeness (QED) is 0.0112. The summed E-state index contributed by atoms with van der Waals surface area (Å²) in [6.45, 7) is -11.6. The molecule has 4 saturated heterocycles. The van der Waals surface area contributed by atoms with Crippen molar-refractivity contribution in [2.24, 2.45) is 5.41 Å². The molecule has 0 radical (unpaired) electrons. The number of fused-ring (bicyclic) bond motifs is 5. The summed E-state index contributed by atoms with van der Waals surface area (Å²) in [5.74, 6) is -0.560. The molecule has 37 nitrogen and oxygen atoms in total. The van der Waals surface area contributed by atoms with Gasteiger partial charge >= 0.3 is 34.0 Å². The van der Waals surface area contributed by atoms with E-state index in [9.17, 15) is 43.7 Å².